The minimum absolute atomic E-state index is 0.000441. The summed E-state index contributed by atoms with van der Waals surface area (Å²) >= 11 is 0. The van der Waals surface area contributed by atoms with Crippen LogP contribution in [0.25, 0.3) is 0 Å². The predicted octanol–water partition coefficient (Wildman–Crippen LogP) is 5.56. The molecule has 0 bridgehead atoms. The van der Waals surface area contributed by atoms with Gasteiger partial charge in [-0.05, 0) is 44.9 Å². The van der Waals surface area contributed by atoms with Crippen LogP contribution in [-0.4, -0.2) is 75.5 Å². The van der Waals surface area contributed by atoms with Gasteiger partial charge in [0.2, 0.25) is 0 Å². The molecule has 0 aliphatic heterocycles. The van der Waals surface area contributed by atoms with E-state index in [1.165, 1.54) is 0 Å². The molecule has 0 aliphatic rings. The highest BCUT2D eigenvalue weighted by Crippen LogP contribution is 2.09. The minimum atomic E-state index is -1.15. The number of carbonyl (C=O) groups excluding carboxylic acids is 3. The largest absolute Gasteiger partial charge is 0.544 e. The van der Waals surface area contributed by atoms with Crippen molar-refractivity contribution in [3.8, 4) is 0 Å². The molecule has 8 heteroatoms. The third-order valence-corrected chi connectivity index (χ3v) is 6.18. The molecule has 0 rings (SSSR count). The van der Waals surface area contributed by atoms with Crippen LogP contribution in [0.4, 0.5) is 0 Å². The van der Waals surface area contributed by atoms with Crippen LogP contribution in [0.1, 0.15) is 78.1 Å². The highest BCUT2D eigenvalue weighted by molar-refractivity contribution is 5.70. The highest BCUT2D eigenvalue weighted by Gasteiger charge is 2.25. The predicted molar refractivity (Wildman–Crippen MR) is 171 cm³/mol. The van der Waals surface area contributed by atoms with Crippen molar-refractivity contribution in [2.45, 2.75) is 90.2 Å². The summed E-state index contributed by atoms with van der Waals surface area (Å²) in [4.78, 5) is 35.3. The average molecular weight is 602 g/mol. The van der Waals surface area contributed by atoms with Crippen LogP contribution in [0.2, 0.25) is 0 Å². The zero-order valence-corrected chi connectivity index (χ0v) is 27.1. The molecule has 242 valence electrons. The van der Waals surface area contributed by atoms with Gasteiger partial charge in [0, 0.05) is 19.3 Å². The zero-order valence-electron chi connectivity index (χ0n) is 27.1. The van der Waals surface area contributed by atoms with Crippen molar-refractivity contribution in [2.75, 3.05) is 41.0 Å². The van der Waals surface area contributed by atoms with Crippen molar-refractivity contribution >= 4 is 17.9 Å². The second-order valence-electron chi connectivity index (χ2n) is 10.9. The van der Waals surface area contributed by atoms with Crippen LogP contribution < -0.4 is 5.11 Å². The Morgan fingerprint density at radius 1 is 0.698 bits per heavy atom. The van der Waals surface area contributed by atoms with E-state index < -0.39 is 30.1 Å². The Balaban J connectivity index is 4.28. The number of esters is 2. The summed E-state index contributed by atoms with van der Waals surface area (Å²) in [6, 6.07) is -0.736. The fraction of sp³-hybridized carbons (Fsp3) is 0.571. The molecule has 8 nitrogen and oxygen atoms in total. The number of hydrogen-bond acceptors (Lipinski definition) is 7. The molecule has 0 aromatic heterocycles. The number of nitrogens with zero attached hydrogens (tertiary/aromatic N) is 1. The summed E-state index contributed by atoms with van der Waals surface area (Å²) < 4.78 is 16.4. The Morgan fingerprint density at radius 2 is 1.19 bits per heavy atom. The molecule has 0 amide bonds. The monoisotopic (exact) mass is 601 g/mol. The van der Waals surface area contributed by atoms with E-state index in [9.17, 15) is 19.5 Å². The lowest BCUT2D eigenvalue weighted by atomic mass is 10.1. The molecule has 0 saturated heterocycles. The zero-order chi connectivity index (χ0) is 32.2. The lowest BCUT2D eigenvalue weighted by Crippen LogP contribution is -2.55. The molecule has 2 atom stereocenters. The van der Waals surface area contributed by atoms with Crippen molar-refractivity contribution < 1.29 is 38.2 Å². The number of ether oxygens (including phenoxy) is 3. The maximum Gasteiger partial charge on any atom is 0.306 e. The first-order chi connectivity index (χ1) is 20.6. The van der Waals surface area contributed by atoms with Gasteiger partial charge in [-0.15, -0.1) is 0 Å². The Bertz CT molecular complexity index is 938. The summed E-state index contributed by atoms with van der Waals surface area (Å²) in [6.45, 7) is 3.84. The van der Waals surface area contributed by atoms with Crippen molar-refractivity contribution in [1.82, 2.24) is 0 Å². The summed E-state index contributed by atoms with van der Waals surface area (Å²) in [6.07, 6.45) is 31.6. The van der Waals surface area contributed by atoms with E-state index in [1.54, 1.807) is 28.1 Å². The molecular weight excluding hydrogens is 546 g/mol. The van der Waals surface area contributed by atoms with Gasteiger partial charge < -0.3 is 28.6 Å². The van der Waals surface area contributed by atoms with E-state index in [0.29, 0.717) is 6.42 Å². The number of aliphatic carboxylic acids is 1. The lowest BCUT2D eigenvalue weighted by Gasteiger charge is -2.34. The van der Waals surface area contributed by atoms with E-state index in [-0.39, 0.29) is 43.6 Å². The third kappa shape index (κ3) is 25.0. The van der Waals surface area contributed by atoms with Gasteiger partial charge in [-0.2, -0.15) is 0 Å². The van der Waals surface area contributed by atoms with Crippen LogP contribution >= 0.6 is 0 Å². The first kappa shape index (κ1) is 39.8. The number of carboxylic acid groups (broad SMARTS) is 1. The molecule has 43 heavy (non-hydrogen) atoms. The van der Waals surface area contributed by atoms with Crippen molar-refractivity contribution in [3.63, 3.8) is 0 Å². The van der Waals surface area contributed by atoms with Gasteiger partial charge in [0.05, 0.1) is 40.3 Å². The summed E-state index contributed by atoms with van der Waals surface area (Å²) in [5, 5.41) is 11.4. The van der Waals surface area contributed by atoms with Gasteiger partial charge in [0.15, 0.2) is 6.10 Å². The SMILES string of the molecule is CC/C=C\C/C=C\C/C=C\C/C=C\C/C=C\C/C=C\CCC(=O)OC(COCCC(C(=O)[O-])[N+](C)(C)C)COC(=O)CC. The molecule has 0 spiro atoms. The Labute approximate surface area is 260 Å². The fourth-order valence-corrected chi connectivity index (χ4v) is 3.72. The van der Waals surface area contributed by atoms with Gasteiger partial charge >= 0.3 is 11.9 Å². The first-order valence-electron chi connectivity index (χ1n) is 15.5. The number of carbonyl (C=O) groups is 3. The highest BCUT2D eigenvalue weighted by atomic mass is 16.6. The molecule has 0 heterocycles. The van der Waals surface area contributed by atoms with Gasteiger partial charge in [-0.3, -0.25) is 9.59 Å². The molecule has 0 saturated carbocycles. The van der Waals surface area contributed by atoms with E-state index in [0.717, 1.165) is 38.5 Å². The first-order valence-corrected chi connectivity index (χ1v) is 15.5. The van der Waals surface area contributed by atoms with Crippen LogP contribution in [-0.2, 0) is 28.6 Å². The average Bonchev–Trinajstić information content (AvgIpc) is 2.95. The van der Waals surface area contributed by atoms with Crippen LogP contribution in [0, 0.1) is 0 Å². The Morgan fingerprint density at radius 3 is 1.63 bits per heavy atom. The number of allylic oxidation sites excluding steroid dienone is 12. The standard InChI is InChI=1S/C35H55NO7/c1-6-8-9-10-11-12-13-14-15-16-17-18-19-20-21-22-23-24-25-26-34(38)43-31(30-42-33(37)7-2)29-41-28-27-32(35(39)40)36(3,4)5/h8-9,11-12,14-15,17-18,20-21,23-24,31-32H,6-7,10,13,16,19,22,25-30H2,1-5H3/b9-8-,12-11-,15-14-,18-17-,21-20-,24-23-. The van der Waals surface area contributed by atoms with Crippen LogP contribution in [0.15, 0.2) is 72.9 Å². The van der Waals surface area contributed by atoms with Crippen molar-refractivity contribution in [3.05, 3.63) is 72.9 Å². The van der Waals surface area contributed by atoms with Crippen LogP contribution in [0.3, 0.4) is 0 Å². The number of likely N-dealkylation sites (N-methyl/N-ethyl adjacent to an activating group) is 1. The molecule has 0 aromatic carbocycles. The second kappa shape index (κ2) is 26.4. The lowest BCUT2D eigenvalue weighted by molar-refractivity contribution is -0.889. The van der Waals surface area contributed by atoms with E-state index in [1.807, 2.05) is 12.2 Å². The molecule has 0 aromatic rings. The number of hydrogen-bond donors (Lipinski definition) is 0. The Kier molecular flexibility index (Phi) is 24.4. The quantitative estimate of drug-likeness (QED) is 0.0584. The van der Waals surface area contributed by atoms with Gasteiger partial charge in [-0.1, -0.05) is 86.8 Å². The summed E-state index contributed by atoms with van der Waals surface area (Å²) in [5.41, 5.74) is 0. The van der Waals surface area contributed by atoms with E-state index in [4.69, 9.17) is 14.2 Å². The summed E-state index contributed by atoms with van der Waals surface area (Å²) in [5.74, 6) is -1.97. The molecule has 0 fully saturated rings. The number of rotatable bonds is 25. The molecular formula is C35H55NO7. The third-order valence-electron chi connectivity index (χ3n) is 6.18. The van der Waals surface area contributed by atoms with Crippen LogP contribution in [0.5, 0.6) is 0 Å². The molecule has 2 unspecified atom stereocenters. The molecule has 0 radical (unpaired) electrons. The number of carboxylic acids is 1. The Hall–Kier alpha value is -3.23. The van der Waals surface area contributed by atoms with E-state index in [2.05, 4.69) is 67.7 Å². The van der Waals surface area contributed by atoms with E-state index >= 15 is 0 Å². The fourth-order valence-electron chi connectivity index (χ4n) is 3.72. The second-order valence-corrected chi connectivity index (χ2v) is 10.9. The van der Waals surface area contributed by atoms with Gasteiger partial charge in [0.25, 0.3) is 0 Å². The summed E-state index contributed by atoms with van der Waals surface area (Å²) in [7, 11) is 5.31. The maximum absolute atomic E-state index is 12.3. The smallest absolute Gasteiger partial charge is 0.306 e. The molecule has 0 N–H and O–H groups in total. The normalized spacial score (nSPS) is 14.2. The number of quaternary nitrogens is 1. The van der Waals surface area contributed by atoms with Gasteiger partial charge in [0.1, 0.15) is 12.6 Å². The minimum Gasteiger partial charge on any atom is -0.544 e. The van der Waals surface area contributed by atoms with Crippen molar-refractivity contribution in [2.24, 2.45) is 0 Å². The topological polar surface area (TPSA) is 102 Å². The van der Waals surface area contributed by atoms with Gasteiger partial charge in [-0.25, -0.2) is 0 Å². The maximum atomic E-state index is 12.3. The van der Waals surface area contributed by atoms with Crippen molar-refractivity contribution in [1.29, 1.82) is 0 Å². The molecule has 0 aliphatic carbocycles.